The Kier molecular flexibility index (Phi) is 6.14. The highest BCUT2D eigenvalue weighted by Gasteiger charge is 2.39. The van der Waals surface area contributed by atoms with Gasteiger partial charge in [0.25, 0.3) is 5.91 Å². The topological polar surface area (TPSA) is 84.3 Å². The third-order valence-electron chi connectivity index (χ3n) is 7.58. The molecule has 0 spiro atoms. The molecule has 198 valence electrons. The highest BCUT2D eigenvalue weighted by atomic mass is 32.2. The fourth-order valence-corrected chi connectivity index (χ4v) is 7.41. The van der Waals surface area contributed by atoms with Crippen LogP contribution in [-0.4, -0.2) is 48.0 Å². The molecule has 3 aliphatic rings. The first-order chi connectivity index (χ1) is 18.2. The minimum Gasteiger partial charge on any atom is -0.283 e. The Balaban J connectivity index is 1.47. The lowest BCUT2D eigenvalue weighted by molar-refractivity contribution is 0.0808. The number of benzene rings is 2. The zero-order valence-corrected chi connectivity index (χ0v) is 21.1. The van der Waals surface area contributed by atoms with Crippen molar-refractivity contribution in [3.05, 3.63) is 82.4 Å². The average molecular weight is 543 g/mol. The number of amides is 1. The molecule has 2 aliphatic heterocycles. The Morgan fingerprint density at radius 3 is 2.34 bits per heavy atom. The Labute approximate surface area is 217 Å². The van der Waals surface area contributed by atoms with Crippen molar-refractivity contribution in [1.82, 2.24) is 20.2 Å². The highest BCUT2D eigenvalue weighted by molar-refractivity contribution is 7.91. The van der Waals surface area contributed by atoms with Crippen LogP contribution in [0.5, 0.6) is 0 Å². The summed E-state index contributed by atoms with van der Waals surface area (Å²) in [5, 5.41) is 6.23. The van der Waals surface area contributed by atoms with Crippen LogP contribution < -0.4 is 5.43 Å². The predicted octanol–water partition coefficient (Wildman–Crippen LogP) is 4.14. The molecule has 1 amide bonds. The number of carbonyl (C=O) groups excluding carboxylic acids is 1. The summed E-state index contributed by atoms with van der Waals surface area (Å²) >= 11 is 0. The molecule has 38 heavy (non-hydrogen) atoms. The zero-order valence-electron chi connectivity index (χ0n) is 20.3. The summed E-state index contributed by atoms with van der Waals surface area (Å²) in [5.74, 6) is -2.55. The van der Waals surface area contributed by atoms with Gasteiger partial charge in [0.2, 0.25) is 0 Å². The molecule has 0 bridgehead atoms. The lowest BCUT2D eigenvalue weighted by Gasteiger charge is -2.20. The molecule has 7 nitrogen and oxygen atoms in total. The van der Waals surface area contributed by atoms with Crippen molar-refractivity contribution < 1.29 is 26.4 Å². The molecule has 2 aromatic carbocycles. The Morgan fingerprint density at radius 1 is 0.974 bits per heavy atom. The second-order valence-corrected chi connectivity index (χ2v) is 12.3. The maximum absolute atomic E-state index is 14.9. The fraction of sp³-hybridized carbons (Fsp3) is 0.333. The third-order valence-corrected chi connectivity index (χ3v) is 9.06. The molecule has 2 atom stereocenters. The minimum atomic E-state index is -3.70. The van der Waals surface area contributed by atoms with Crippen LogP contribution in [-0.2, 0) is 15.6 Å². The van der Waals surface area contributed by atoms with E-state index in [4.69, 9.17) is 0 Å². The van der Waals surface area contributed by atoms with Crippen molar-refractivity contribution in [2.75, 3.05) is 18.8 Å². The number of aromatic nitrogens is 2. The van der Waals surface area contributed by atoms with E-state index in [9.17, 15) is 26.4 Å². The summed E-state index contributed by atoms with van der Waals surface area (Å²) in [6.07, 6.45) is 4.96. The van der Waals surface area contributed by atoms with Crippen LogP contribution in [0.3, 0.4) is 0 Å². The number of hydrazine groups is 1. The van der Waals surface area contributed by atoms with Crippen molar-refractivity contribution in [2.24, 2.45) is 11.8 Å². The Hall–Kier alpha value is -3.44. The van der Waals surface area contributed by atoms with Crippen LogP contribution in [0, 0.1) is 29.3 Å². The quantitative estimate of drug-likeness (QED) is 0.536. The summed E-state index contributed by atoms with van der Waals surface area (Å²) in [5.41, 5.74) is 3.79. The van der Waals surface area contributed by atoms with Gasteiger partial charge in [0.05, 0.1) is 17.2 Å². The molecule has 1 aliphatic carbocycles. The third kappa shape index (κ3) is 4.64. The monoisotopic (exact) mass is 542 g/mol. The van der Waals surface area contributed by atoms with Crippen molar-refractivity contribution in [3.8, 4) is 5.69 Å². The first kappa shape index (κ1) is 24.9. The Bertz CT molecular complexity index is 1550. The van der Waals surface area contributed by atoms with Crippen LogP contribution >= 0.6 is 0 Å². The van der Waals surface area contributed by atoms with Crippen LogP contribution in [0.25, 0.3) is 17.3 Å². The molecule has 1 saturated heterocycles. The smallest absolute Gasteiger partial charge is 0.283 e. The first-order valence-corrected chi connectivity index (χ1v) is 14.3. The highest BCUT2D eigenvalue weighted by Crippen LogP contribution is 2.38. The number of rotatable bonds is 4. The van der Waals surface area contributed by atoms with Crippen LogP contribution in [0.1, 0.15) is 46.6 Å². The van der Waals surface area contributed by atoms with Crippen molar-refractivity contribution in [2.45, 2.75) is 25.0 Å². The van der Waals surface area contributed by atoms with Gasteiger partial charge >= 0.3 is 0 Å². The Morgan fingerprint density at radius 2 is 1.66 bits per heavy atom. The van der Waals surface area contributed by atoms with Gasteiger partial charge in [0.15, 0.2) is 21.3 Å². The summed E-state index contributed by atoms with van der Waals surface area (Å²) in [6.45, 7) is 1.42. The van der Waals surface area contributed by atoms with Crippen LogP contribution in [0.4, 0.5) is 13.2 Å². The molecule has 1 aromatic heterocycles. The van der Waals surface area contributed by atoms with Gasteiger partial charge in [0.1, 0.15) is 17.3 Å². The van der Waals surface area contributed by atoms with Gasteiger partial charge in [-0.15, -0.1) is 0 Å². The SMILES string of the molecule is O=C(NN1CC2CCCC2C1)c1nn(-c2ccc(F)cc2F)c2c1CS(=O)(=O)C/C2=C\c1ccc(F)cc1. The first-order valence-electron chi connectivity index (χ1n) is 12.5. The maximum Gasteiger partial charge on any atom is 0.286 e. The normalized spacial score (nSPS) is 23.4. The number of hydrogen-bond donors (Lipinski definition) is 1. The second kappa shape index (κ2) is 9.39. The number of hydrogen-bond acceptors (Lipinski definition) is 5. The summed E-state index contributed by atoms with van der Waals surface area (Å²) in [4.78, 5) is 13.5. The lowest BCUT2D eigenvalue weighted by atomic mass is 10.0. The van der Waals surface area contributed by atoms with Crippen molar-refractivity contribution in [1.29, 1.82) is 0 Å². The van der Waals surface area contributed by atoms with E-state index in [1.807, 2.05) is 5.01 Å². The van der Waals surface area contributed by atoms with Crippen molar-refractivity contribution >= 4 is 27.4 Å². The summed E-state index contributed by atoms with van der Waals surface area (Å²) < 4.78 is 69.2. The second-order valence-electron chi connectivity index (χ2n) is 10.2. The largest absolute Gasteiger partial charge is 0.286 e. The summed E-state index contributed by atoms with van der Waals surface area (Å²) in [7, 11) is -3.70. The number of halogens is 3. The van der Waals surface area contributed by atoms with Gasteiger partial charge < -0.3 is 0 Å². The molecule has 6 rings (SSSR count). The molecule has 0 radical (unpaired) electrons. The van der Waals surface area contributed by atoms with E-state index in [2.05, 4.69) is 10.5 Å². The van der Waals surface area contributed by atoms with E-state index in [0.29, 0.717) is 36.6 Å². The van der Waals surface area contributed by atoms with Crippen LogP contribution in [0.2, 0.25) is 0 Å². The van der Waals surface area contributed by atoms with Gasteiger partial charge in [-0.05, 0) is 66.2 Å². The molecular formula is C27H25F3N4O3S. The zero-order chi connectivity index (χ0) is 26.6. The van der Waals surface area contributed by atoms with E-state index in [-0.39, 0.29) is 34.0 Å². The van der Waals surface area contributed by atoms with E-state index in [1.165, 1.54) is 41.4 Å². The number of carbonyl (C=O) groups is 1. The van der Waals surface area contributed by atoms with Crippen molar-refractivity contribution in [3.63, 3.8) is 0 Å². The van der Waals surface area contributed by atoms with E-state index >= 15 is 0 Å². The molecule has 2 unspecified atom stereocenters. The molecule has 2 fully saturated rings. The number of sulfone groups is 1. The minimum absolute atomic E-state index is 0.123. The molecule has 11 heteroatoms. The molecule has 1 saturated carbocycles. The van der Waals surface area contributed by atoms with Gasteiger partial charge in [-0.3, -0.25) is 10.2 Å². The van der Waals surface area contributed by atoms with E-state index < -0.39 is 38.9 Å². The van der Waals surface area contributed by atoms with Gasteiger partial charge in [-0.25, -0.2) is 31.3 Å². The molecular weight excluding hydrogens is 517 g/mol. The van der Waals surface area contributed by atoms with Gasteiger partial charge in [0, 0.05) is 24.7 Å². The average Bonchev–Trinajstić information content (AvgIpc) is 3.53. The van der Waals surface area contributed by atoms with Gasteiger partial charge in [-0.2, -0.15) is 5.10 Å². The molecule has 3 aromatic rings. The molecule has 3 heterocycles. The summed E-state index contributed by atoms with van der Waals surface area (Å²) in [6, 6.07) is 8.42. The van der Waals surface area contributed by atoms with Gasteiger partial charge in [-0.1, -0.05) is 18.6 Å². The number of nitrogens with one attached hydrogen (secondary N) is 1. The van der Waals surface area contributed by atoms with E-state index in [1.54, 1.807) is 6.08 Å². The number of fused-ring (bicyclic) bond motifs is 2. The van der Waals surface area contributed by atoms with E-state index in [0.717, 1.165) is 18.9 Å². The van der Waals surface area contributed by atoms with Crippen LogP contribution in [0.15, 0.2) is 42.5 Å². The predicted molar refractivity (Wildman–Crippen MR) is 135 cm³/mol. The number of nitrogens with zero attached hydrogens (tertiary/aromatic N) is 3. The fourth-order valence-electron chi connectivity index (χ4n) is 5.90. The standard InChI is InChI=1S/C27H25F3N4O3S/c28-20-6-4-16(5-7-20)10-19-14-38(36,37)15-22-25(27(35)32-33-12-17-2-1-3-18(17)13-33)31-34(26(19)22)24-9-8-21(29)11-23(24)30/h4-11,17-18H,1-3,12-15H2,(H,32,35)/b19-10+. The molecule has 1 N–H and O–H groups in total. The maximum atomic E-state index is 14.9. The lowest BCUT2D eigenvalue weighted by Crippen LogP contribution is -2.41.